The molecule has 3 rings (SSSR count). The summed E-state index contributed by atoms with van der Waals surface area (Å²) in [6, 6.07) is 6.10. The van der Waals surface area contributed by atoms with Crippen LogP contribution >= 0.6 is 0 Å². The lowest BCUT2D eigenvalue weighted by molar-refractivity contribution is -0.139. The summed E-state index contributed by atoms with van der Waals surface area (Å²) in [7, 11) is 0. The zero-order valence-electron chi connectivity index (χ0n) is 16.1. The van der Waals surface area contributed by atoms with Gasteiger partial charge in [-0.25, -0.2) is 4.39 Å². The van der Waals surface area contributed by atoms with Crippen LogP contribution < -0.4 is 10.6 Å². The minimum Gasteiger partial charge on any atom is -0.348 e. The Kier molecular flexibility index (Phi) is 7.01. The number of rotatable bonds is 4. The van der Waals surface area contributed by atoms with Crippen molar-refractivity contribution in [2.75, 3.05) is 19.6 Å². The molecule has 0 bridgehead atoms. The van der Waals surface area contributed by atoms with Crippen LogP contribution in [-0.2, 0) is 9.59 Å². The lowest BCUT2D eigenvalue weighted by atomic mass is 9.95. The highest BCUT2D eigenvalue weighted by Gasteiger charge is 2.26. The zero-order chi connectivity index (χ0) is 19.9. The lowest BCUT2D eigenvalue weighted by Crippen LogP contribution is -2.47. The molecule has 0 spiro atoms. The van der Waals surface area contributed by atoms with Gasteiger partial charge in [-0.15, -0.1) is 0 Å². The lowest BCUT2D eigenvalue weighted by Gasteiger charge is -2.32. The molecule has 152 valence electrons. The number of benzene rings is 1. The minimum absolute atomic E-state index is 0.0913. The van der Waals surface area contributed by atoms with E-state index in [2.05, 4.69) is 10.6 Å². The van der Waals surface area contributed by atoms with Gasteiger partial charge in [0.25, 0.3) is 5.91 Å². The number of hydrogen-bond donors (Lipinski definition) is 2. The van der Waals surface area contributed by atoms with E-state index in [-0.39, 0.29) is 23.4 Å². The Morgan fingerprint density at radius 2 is 1.64 bits per heavy atom. The Morgan fingerprint density at radius 1 is 0.964 bits per heavy atom. The first-order valence-electron chi connectivity index (χ1n) is 10.2. The molecule has 28 heavy (non-hydrogen) atoms. The largest absolute Gasteiger partial charge is 0.348 e. The number of piperidine rings is 1. The topological polar surface area (TPSA) is 78.5 Å². The molecule has 0 aromatic heterocycles. The molecule has 1 aliphatic carbocycles. The van der Waals surface area contributed by atoms with Crippen molar-refractivity contribution in [1.29, 1.82) is 0 Å². The molecule has 1 saturated carbocycles. The molecule has 1 aromatic carbocycles. The molecule has 3 amide bonds. The average Bonchev–Trinajstić information content (AvgIpc) is 2.73. The second-order valence-corrected chi connectivity index (χ2v) is 7.73. The van der Waals surface area contributed by atoms with Crippen molar-refractivity contribution in [3.05, 3.63) is 35.6 Å². The van der Waals surface area contributed by atoms with E-state index in [4.69, 9.17) is 0 Å². The Labute approximate surface area is 164 Å². The summed E-state index contributed by atoms with van der Waals surface area (Å²) >= 11 is 0. The third kappa shape index (κ3) is 5.30. The summed E-state index contributed by atoms with van der Waals surface area (Å²) in [4.78, 5) is 38.1. The van der Waals surface area contributed by atoms with Gasteiger partial charge >= 0.3 is 11.8 Å². The normalized spacial score (nSPS) is 18.5. The van der Waals surface area contributed by atoms with E-state index < -0.39 is 17.6 Å². The molecule has 0 unspecified atom stereocenters. The number of nitrogens with zero attached hydrogens (tertiary/aromatic N) is 1. The molecular weight excluding hydrogens is 361 g/mol. The second kappa shape index (κ2) is 9.66. The molecule has 1 heterocycles. The van der Waals surface area contributed by atoms with Crippen molar-refractivity contribution >= 4 is 17.7 Å². The molecular formula is C21H28FN3O3. The smallest absolute Gasteiger partial charge is 0.309 e. The maximum absolute atomic E-state index is 13.8. The number of hydrogen-bond acceptors (Lipinski definition) is 3. The summed E-state index contributed by atoms with van der Waals surface area (Å²) in [6.45, 7) is 1.45. The summed E-state index contributed by atoms with van der Waals surface area (Å²) in [6.07, 6.45) is 6.68. The number of carbonyl (C=O) groups is 3. The van der Waals surface area contributed by atoms with E-state index in [1.54, 1.807) is 17.0 Å². The highest BCUT2D eigenvalue weighted by molar-refractivity contribution is 6.35. The fraction of sp³-hybridized carbons (Fsp3) is 0.571. The molecule has 0 atom stereocenters. The molecule has 0 radical (unpaired) electrons. The van der Waals surface area contributed by atoms with Crippen molar-refractivity contribution < 1.29 is 18.8 Å². The molecule has 2 aliphatic rings. The number of halogens is 1. The first kappa shape index (κ1) is 20.3. The van der Waals surface area contributed by atoms with Crippen LogP contribution in [0.2, 0.25) is 0 Å². The van der Waals surface area contributed by atoms with E-state index in [1.807, 2.05) is 0 Å². The van der Waals surface area contributed by atoms with E-state index in [0.717, 1.165) is 25.7 Å². The highest BCUT2D eigenvalue weighted by Crippen LogP contribution is 2.20. The van der Waals surface area contributed by atoms with Gasteiger partial charge in [0.1, 0.15) is 5.82 Å². The highest BCUT2D eigenvalue weighted by atomic mass is 19.1. The van der Waals surface area contributed by atoms with Crippen molar-refractivity contribution in [1.82, 2.24) is 15.5 Å². The Hall–Kier alpha value is -2.44. The molecule has 1 aliphatic heterocycles. The van der Waals surface area contributed by atoms with Gasteiger partial charge in [0, 0.05) is 25.7 Å². The quantitative estimate of drug-likeness (QED) is 0.776. The van der Waals surface area contributed by atoms with Gasteiger partial charge in [-0.2, -0.15) is 0 Å². The SMILES string of the molecule is O=C(NCC1CCN(C(=O)c2ccccc2F)CC1)C(=O)NC1CCCCC1. The van der Waals surface area contributed by atoms with Crippen LogP contribution in [0.4, 0.5) is 4.39 Å². The maximum Gasteiger partial charge on any atom is 0.309 e. The van der Waals surface area contributed by atoms with Gasteiger partial charge in [0.05, 0.1) is 5.56 Å². The standard InChI is InChI=1S/C21H28FN3O3/c22-18-9-5-4-8-17(18)21(28)25-12-10-15(11-13-25)14-23-19(26)20(27)24-16-6-2-1-3-7-16/h4-5,8-9,15-16H,1-3,6-7,10-14H2,(H,23,26)(H,24,27). The first-order chi connectivity index (χ1) is 13.5. The van der Waals surface area contributed by atoms with E-state index in [9.17, 15) is 18.8 Å². The summed E-state index contributed by atoms with van der Waals surface area (Å²) in [5, 5.41) is 5.52. The maximum atomic E-state index is 13.8. The summed E-state index contributed by atoms with van der Waals surface area (Å²) in [5.41, 5.74) is 0.0913. The number of likely N-dealkylation sites (tertiary alicyclic amines) is 1. The Balaban J connectivity index is 1.39. The molecule has 1 saturated heterocycles. The van der Waals surface area contributed by atoms with Gasteiger partial charge < -0.3 is 15.5 Å². The number of amides is 3. The molecule has 2 fully saturated rings. The minimum atomic E-state index is -0.588. The van der Waals surface area contributed by atoms with Gasteiger partial charge in [0.2, 0.25) is 0 Å². The van der Waals surface area contributed by atoms with Crippen molar-refractivity contribution in [2.24, 2.45) is 5.92 Å². The van der Waals surface area contributed by atoms with Crippen LogP contribution in [0.1, 0.15) is 55.3 Å². The predicted molar refractivity (Wildman–Crippen MR) is 103 cm³/mol. The fourth-order valence-corrected chi connectivity index (χ4v) is 3.96. The zero-order valence-corrected chi connectivity index (χ0v) is 16.1. The fourth-order valence-electron chi connectivity index (χ4n) is 3.96. The number of carbonyl (C=O) groups excluding carboxylic acids is 3. The van der Waals surface area contributed by atoms with Crippen molar-refractivity contribution in [3.8, 4) is 0 Å². The Morgan fingerprint density at radius 3 is 2.32 bits per heavy atom. The van der Waals surface area contributed by atoms with Crippen LogP contribution in [0.3, 0.4) is 0 Å². The summed E-state index contributed by atoms with van der Waals surface area (Å²) < 4.78 is 13.8. The molecule has 2 N–H and O–H groups in total. The molecule has 6 nitrogen and oxygen atoms in total. The van der Waals surface area contributed by atoms with Crippen LogP contribution in [0.15, 0.2) is 24.3 Å². The van der Waals surface area contributed by atoms with Gasteiger partial charge in [0.15, 0.2) is 0 Å². The molecule has 1 aromatic rings. The van der Waals surface area contributed by atoms with Crippen LogP contribution in [0.5, 0.6) is 0 Å². The third-order valence-corrected chi connectivity index (χ3v) is 5.70. The monoisotopic (exact) mass is 389 g/mol. The van der Waals surface area contributed by atoms with Crippen molar-refractivity contribution in [2.45, 2.75) is 51.0 Å². The predicted octanol–water partition coefficient (Wildman–Crippen LogP) is 2.24. The van der Waals surface area contributed by atoms with E-state index in [1.165, 1.54) is 18.6 Å². The van der Waals surface area contributed by atoms with Crippen LogP contribution in [0.25, 0.3) is 0 Å². The van der Waals surface area contributed by atoms with Crippen molar-refractivity contribution in [3.63, 3.8) is 0 Å². The average molecular weight is 389 g/mol. The first-order valence-corrected chi connectivity index (χ1v) is 10.2. The third-order valence-electron chi connectivity index (χ3n) is 5.70. The van der Waals surface area contributed by atoms with E-state index in [0.29, 0.717) is 32.5 Å². The second-order valence-electron chi connectivity index (χ2n) is 7.73. The van der Waals surface area contributed by atoms with E-state index >= 15 is 0 Å². The van der Waals surface area contributed by atoms with Gasteiger partial charge in [-0.3, -0.25) is 14.4 Å². The van der Waals surface area contributed by atoms with Crippen LogP contribution in [0, 0.1) is 11.7 Å². The molecule has 7 heteroatoms. The summed E-state index contributed by atoms with van der Waals surface area (Å²) in [5.74, 6) is -1.75. The van der Waals surface area contributed by atoms with Gasteiger partial charge in [-0.05, 0) is 43.7 Å². The Bertz CT molecular complexity index is 711. The number of nitrogens with one attached hydrogen (secondary N) is 2. The van der Waals surface area contributed by atoms with Crippen LogP contribution in [-0.4, -0.2) is 48.3 Å². The van der Waals surface area contributed by atoms with Gasteiger partial charge in [-0.1, -0.05) is 31.4 Å².